The second-order valence-corrected chi connectivity index (χ2v) is 5.65. The summed E-state index contributed by atoms with van der Waals surface area (Å²) in [5.41, 5.74) is 6.29. The summed E-state index contributed by atoms with van der Waals surface area (Å²) in [5.74, 6) is -0.358. The molecule has 0 aliphatic carbocycles. The van der Waals surface area contributed by atoms with Gasteiger partial charge in [0, 0.05) is 6.42 Å². The number of benzene rings is 2. The lowest BCUT2D eigenvalue weighted by Crippen LogP contribution is -2.46. The Kier molecular flexibility index (Phi) is 6.63. The average molecular weight is 347 g/mol. The van der Waals surface area contributed by atoms with Crippen LogP contribution in [0.3, 0.4) is 0 Å². The number of primary amides is 1. The van der Waals surface area contributed by atoms with Gasteiger partial charge < -0.3 is 15.8 Å². The van der Waals surface area contributed by atoms with Crippen molar-refractivity contribution in [2.75, 3.05) is 6.61 Å². The van der Waals surface area contributed by atoms with Gasteiger partial charge in [-0.2, -0.15) is 0 Å². The molecule has 0 unspecified atom stereocenters. The van der Waals surface area contributed by atoms with Crippen LogP contribution in [-0.2, 0) is 16.0 Å². The summed E-state index contributed by atoms with van der Waals surface area (Å²) in [5, 5.41) is 3.12. The third kappa shape index (κ3) is 5.59. The van der Waals surface area contributed by atoms with Crippen LogP contribution in [0.1, 0.15) is 12.0 Å². The molecule has 24 heavy (non-hydrogen) atoms. The summed E-state index contributed by atoms with van der Waals surface area (Å²) < 4.78 is 5.46. The number of para-hydroxylation sites is 1. The summed E-state index contributed by atoms with van der Waals surface area (Å²) in [7, 11) is 0. The van der Waals surface area contributed by atoms with E-state index in [0.717, 1.165) is 5.56 Å². The van der Waals surface area contributed by atoms with Crippen LogP contribution in [0.25, 0.3) is 0 Å². The number of amides is 2. The van der Waals surface area contributed by atoms with Gasteiger partial charge in [0.25, 0.3) is 0 Å². The highest BCUT2D eigenvalue weighted by Crippen LogP contribution is 2.23. The van der Waals surface area contributed by atoms with E-state index in [1.807, 2.05) is 30.3 Å². The fraction of sp³-hybridized carbons (Fsp3) is 0.222. The van der Waals surface area contributed by atoms with E-state index in [1.165, 1.54) is 0 Å². The van der Waals surface area contributed by atoms with Crippen molar-refractivity contribution in [2.45, 2.75) is 18.9 Å². The van der Waals surface area contributed by atoms with Crippen molar-refractivity contribution in [3.63, 3.8) is 0 Å². The number of carbonyl (C=O) groups is 2. The standard InChI is InChI=1S/C18H19ClN2O3/c19-14-8-4-5-9-16(14)24-11-10-17(22)21-15(18(20)23)12-13-6-2-1-3-7-13/h1-9,15H,10-12H2,(H2,20,23)(H,21,22)/t15-/m0/s1. The number of halogens is 1. The van der Waals surface area contributed by atoms with Gasteiger partial charge in [0.15, 0.2) is 0 Å². The highest BCUT2D eigenvalue weighted by atomic mass is 35.5. The van der Waals surface area contributed by atoms with Gasteiger partial charge in [0.05, 0.1) is 18.1 Å². The fourth-order valence-corrected chi connectivity index (χ4v) is 2.34. The molecule has 0 aliphatic rings. The summed E-state index contributed by atoms with van der Waals surface area (Å²) in [6, 6.07) is 15.6. The lowest BCUT2D eigenvalue weighted by Gasteiger charge is -2.16. The molecular weight excluding hydrogens is 328 g/mol. The molecule has 1 atom stereocenters. The summed E-state index contributed by atoms with van der Waals surface area (Å²) in [4.78, 5) is 23.5. The van der Waals surface area contributed by atoms with E-state index >= 15 is 0 Å². The van der Waals surface area contributed by atoms with Gasteiger partial charge in [-0.1, -0.05) is 54.1 Å². The minimum Gasteiger partial charge on any atom is -0.491 e. The molecule has 2 aromatic carbocycles. The topological polar surface area (TPSA) is 81.4 Å². The average Bonchev–Trinajstić information content (AvgIpc) is 2.57. The van der Waals surface area contributed by atoms with Gasteiger partial charge in [0.2, 0.25) is 11.8 Å². The number of carbonyl (C=O) groups excluding carboxylic acids is 2. The van der Waals surface area contributed by atoms with Crippen molar-refractivity contribution in [2.24, 2.45) is 5.73 Å². The van der Waals surface area contributed by atoms with Crippen LogP contribution >= 0.6 is 11.6 Å². The third-order valence-corrected chi connectivity index (χ3v) is 3.70. The van der Waals surface area contributed by atoms with Crippen LogP contribution in [0.4, 0.5) is 0 Å². The maximum absolute atomic E-state index is 12.0. The molecule has 6 heteroatoms. The van der Waals surface area contributed by atoms with E-state index in [0.29, 0.717) is 17.2 Å². The SMILES string of the molecule is NC(=O)[C@H](Cc1ccccc1)NC(=O)CCOc1ccccc1Cl. The van der Waals surface area contributed by atoms with E-state index in [2.05, 4.69) is 5.32 Å². The smallest absolute Gasteiger partial charge is 0.240 e. The zero-order chi connectivity index (χ0) is 17.4. The van der Waals surface area contributed by atoms with Gasteiger partial charge in [0.1, 0.15) is 11.8 Å². The molecule has 2 rings (SSSR count). The normalized spacial score (nSPS) is 11.5. The highest BCUT2D eigenvalue weighted by Gasteiger charge is 2.18. The van der Waals surface area contributed by atoms with E-state index < -0.39 is 11.9 Å². The quantitative estimate of drug-likeness (QED) is 0.769. The number of nitrogens with two attached hydrogens (primary N) is 1. The molecule has 2 amide bonds. The van der Waals surface area contributed by atoms with Gasteiger partial charge in [-0.3, -0.25) is 9.59 Å². The Morgan fingerprint density at radius 2 is 1.75 bits per heavy atom. The van der Waals surface area contributed by atoms with Crippen LogP contribution in [0.5, 0.6) is 5.75 Å². The Hall–Kier alpha value is -2.53. The molecule has 3 N–H and O–H groups in total. The van der Waals surface area contributed by atoms with Crippen molar-refractivity contribution in [3.05, 3.63) is 65.2 Å². The Balaban J connectivity index is 1.82. The molecule has 0 saturated carbocycles. The summed E-state index contributed by atoms with van der Waals surface area (Å²) in [6.45, 7) is 0.159. The van der Waals surface area contributed by atoms with Crippen LogP contribution in [-0.4, -0.2) is 24.5 Å². The lowest BCUT2D eigenvalue weighted by atomic mass is 10.1. The largest absolute Gasteiger partial charge is 0.491 e. The molecule has 2 aromatic rings. The molecule has 0 saturated heterocycles. The Morgan fingerprint density at radius 3 is 2.42 bits per heavy atom. The zero-order valence-electron chi connectivity index (χ0n) is 13.1. The molecule has 126 valence electrons. The Labute approximate surface area is 145 Å². The minimum absolute atomic E-state index is 0.101. The van der Waals surface area contributed by atoms with Crippen molar-refractivity contribution >= 4 is 23.4 Å². The zero-order valence-corrected chi connectivity index (χ0v) is 13.8. The van der Waals surface area contributed by atoms with Crippen molar-refractivity contribution in [3.8, 4) is 5.75 Å². The van der Waals surface area contributed by atoms with E-state index in [4.69, 9.17) is 22.1 Å². The number of hydrogen-bond donors (Lipinski definition) is 2. The first-order valence-electron chi connectivity index (χ1n) is 7.56. The van der Waals surface area contributed by atoms with Crippen molar-refractivity contribution in [1.82, 2.24) is 5.32 Å². The van der Waals surface area contributed by atoms with E-state index in [9.17, 15) is 9.59 Å². The molecule has 0 aromatic heterocycles. The highest BCUT2D eigenvalue weighted by molar-refractivity contribution is 6.32. The predicted octanol–water partition coefficient (Wildman–Crippen LogP) is 2.32. The second-order valence-electron chi connectivity index (χ2n) is 5.24. The maximum Gasteiger partial charge on any atom is 0.240 e. The number of hydrogen-bond acceptors (Lipinski definition) is 3. The van der Waals surface area contributed by atoms with Crippen molar-refractivity contribution < 1.29 is 14.3 Å². The van der Waals surface area contributed by atoms with E-state index in [1.54, 1.807) is 24.3 Å². The first-order chi connectivity index (χ1) is 11.6. The van der Waals surface area contributed by atoms with Crippen LogP contribution in [0.15, 0.2) is 54.6 Å². The molecule has 0 bridgehead atoms. The summed E-state index contributed by atoms with van der Waals surface area (Å²) >= 11 is 5.97. The molecule has 0 aliphatic heterocycles. The Morgan fingerprint density at radius 1 is 1.08 bits per heavy atom. The number of ether oxygens (including phenoxy) is 1. The van der Waals surface area contributed by atoms with Gasteiger partial charge in [-0.05, 0) is 17.7 Å². The van der Waals surface area contributed by atoms with Crippen LogP contribution in [0.2, 0.25) is 5.02 Å². The molecule has 5 nitrogen and oxygen atoms in total. The second kappa shape index (κ2) is 8.93. The van der Waals surface area contributed by atoms with Gasteiger partial charge in [-0.15, -0.1) is 0 Å². The number of rotatable bonds is 8. The van der Waals surface area contributed by atoms with Crippen molar-refractivity contribution in [1.29, 1.82) is 0 Å². The van der Waals surface area contributed by atoms with Gasteiger partial charge in [-0.25, -0.2) is 0 Å². The first kappa shape index (κ1) is 17.8. The molecular formula is C18H19ClN2O3. The third-order valence-electron chi connectivity index (χ3n) is 3.38. The van der Waals surface area contributed by atoms with Crippen LogP contribution in [0, 0.1) is 0 Å². The first-order valence-corrected chi connectivity index (χ1v) is 7.94. The number of nitrogens with one attached hydrogen (secondary N) is 1. The van der Waals surface area contributed by atoms with E-state index in [-0.39, 0.29) is 18.9 Å². The molecule has 0 radical (unpaired) electrons. The monoisotopic (exact) mass is 346 g/mol. The minimum atomic E-state index is -0.750. The molecule has 0 fully saturated rings. The fourth-order valence-electron chi connectivity index (χ4n) is 2.15. The predicted molar refractivity (Wildman–Crippen MR) is 92.8 cm³/mol. The van der Waals surface area contributed by atoms with Crippen LogP contribution < -0.4 is 15.8 Å². The Bertz CT molecular complexity index is 692. The molecule has 0 spiro atoms. The molecule has 0 heterocycles. The summed E-state index contributed by atoms with van der Waals surface area (Å²) in [6.07, 6.45) is 0.455. The lowest BCUT2D eigenvalue weighted by molar-refractivity contribution is -0.127. The van der Waals surface area contributed by atoms with Gasteiger partial charge >= 0.3 is 0 Å². The maximum atomic E-state index is 12.0.